The van der Waals surface area contributed by atoms with Crippen molar-refractivity contribution in [3.63, 3.8) is 0 Å². The first-order valence-electron chi connectivity index (χ1n) is 9.67. The van der Waals surface area contributed by atoms with E-state index in [-0.39, 0.29) is 17.4 Å². The summed E-state index contributed by atoms with van der Waals surface area (Å²) in [6.07, 6.45) is 0. The number of carbonyl (C=O) groups excluding carboxylic acids is 2. The quantitative estimate of drug-likeness (QED) is 0.273. The zero-order valence-electron chi connectivity index (χ0n) is 17.0. The van der Waals surface area contributed by atoms with Gasteiger partial charge in [-0.05, 0) is 55.0 Å². The molecule has 0 saturated heterocycles. The minimum absolute atomic E-state index is 0.198. The summed E-state index contributed by atoms with van der Waals surface area (Å²) in [5.41, 5.74) is 2.62. The maximum atomic E-state index is 13.4. The van der Waals surface area contributed by atoms with Crippen molar-refractivity contribution < 1.29 is 18.7 Å². The maximum absolute atomic E-state index is 13.4. The number of para-hydroxylation sites is 1. The van der Waals surface area contributed by atoms with Crippen LogP contribution in [0, 0.1) is 12.7 Å². The van der Waals surface area contributed by atoms with Gasteiger partial charge >= 0.3 is 5.97 Å². The Morgan fingerprint density at radius 1 is 1.00 bits per heavy atom. The van der Waals surface area contributed by atoms with E-state index < -0.39 is 12.6 Å². The molecule has 160 valence electrons. The largest absolute Gasteiger partial charge is 0.451 e. The fourth-order valence-electron chi connectivity index (χ4n) is 3.07. The number of benzene rings is 3. The molecule has 0 atom stereocenters. The standard InChI is InChI=1S/C24H17BrFN3O3/c1-15-4-2-3-5-20(15)29-23(17-8-12-19(26)13-9-17)27-22(28-29)24(31)32-14-21(30)16-6-10-18(25)11-7-16/h2-13H,14H2,1H3. The van der Waals surface area contributed by atoms with E-state index in [1.165, 1.54) is 16.8 Å². The number of hydrogen-bond acceptors (Lipinski definition) is 5. The van der Waals surface area contributed by atoms with Crippen molar-refractivity contribution in [3.05, 3.63) is 100 Å². The second-order valence-corrected chi connectivity index (χ2v) is 7.89. The molecule has 0 amide bonds. The van der Waals surface area contributed by atoms with Gasteiger partial charge in [-0.25, -0.2) is 18.9 Å². The summed E-state index contributed by atoms with van der Waals surface area (Å²) in [4.78, 5) is 29.3. The van der Waals surface area contributed by atoms with Gasteiger partial charge in [0.25, 0.3) is 5.82 Å². The van der Waals surface area contributed by atoms with E-state index in [0.29, 0.717) is 22.6 Å². The predicted octanol–water partition coefficient (Wildman–Crippen LogP) is 5.18. The Labute approximate surface area is 191 Å². The van der Waals surface area contributed by atoms with Crippen LogP contribution in [0.5, 0.6) is 0 Å². The van der Waals surface area contributed by atoms with Crippen LogP contribution in [0.1, 0.15) is 26.5 Å². The second kappa shape index (κ2) is 9.23. The van der Waals surface area contributed by atoms with Crippen LogP contribution in [0.15, 0.2) is 77.3 Å². The normalized spacial score (nSPS) is 10.7. The number of esters is 1. The number of hydrogen-bond donors (Lipinski definition) is 0. The molecule has 0 saturated carbocycles. The van der Waals surface area contributed by atoms with Gasteiger partial charge in [0, 0.05) is 15.6 Å². The first kappa shape index (κ1) is 21.6. The van der Waals surface area contributed by atoms with E-state index >= 15 is 0 Å². The lowest BCUT2D eigenvalue weighted by atomic mass is 10.1. The van der Waals surface area contributed by atoms with E-state index in [1.54, 1.807) is 36.4 Å². The highest BCUT2D eigenvalue weighted by Crippen LogP contribution is 2.23. The van der Waals surface area contributed by atoms with E-state index in [1.807, 2.05) is 31.2 Å². The van der Waals surface area contributed by atoms with Gasteiger partial charge < -0.3 is 4.74 Å². The SMILES string of the molecule is Cc1ccccc1-n1nc(C(=O)OCC(=O)c2ccc(Br)cc2)nc1-c1ccc(F)cc1. The molecule has 0 unspecified atom stereocenters. The molecule has 1 heterocycles. The number of nitrogens with zero attached hydrogens (tertiary/aromatic N) is 3. The highest BCUT2D eigenvalue weighted by atomic mass is 79.9. The molecule has 8 heteroatoms. The summed E-state index contributed by atoms with van der Waals surface area (Å²) in [5.74, 6) is -1.41. The van der Waals surface area contributed by atoms with Gasteiger partial charge in [-0.2, -0.15) is 0 Å². The number of carbonyl (C=O) groups is 2. The molecule has 0 spiro atoms. The summed E-state index contributed by atoms with van der Waals surface area (Å²) in [7, 11) is 0. The van der Waals surface area contributed by atoms with Crippen molar-refractivity contribution in [3.8, 4) is 17.1 Å². The maximum Gasteiger partial charge on any atom is 0.378 e. The molecule has 0 aliphatic carbocycles. The van der Waals surface area contributed by atoms with Crippen LogP contribution >= 0.6 is 15.9 Å². The molecule has 0 aliphatic heterocycles. The number of halogens is 2. The van der Waals surface area contributed by atoms with Crippen molar-refractivity contribution in [2.24, 2.45) is 0 Å². The Morgan fingerprint density at radius 2 is 1.69 bits per heavy atom. The summed E-state index contributed by atoms with van der Waals surface area (Å²) >= 11 is 3.31. The molecule has 4 aromatic rings. The van der Waals surface area contributed by atoms with Gasteiger partial charge in [0.1, 0.15) is 5.82 Å². The first-order chi connectivity index (χ1) is 15.4. The Hall–Kier alpha value is -3.65. The molecule has 4 rings (SSSR count). The third-order valence-electron chi connectivity index (χ3n) is 4.74. The molecule has 0 radical (unpaired) electrons. The monoisotopic (exact) mass is 493 g/mol. The second-order valence-electron chi connectivity index (χ2n) is 6.97. The lowest BCUT2D eigenvalue weighted by Crippen LogP contribution is -2.15. The van der Waals surface area contributed by atoms with E-state index in [9.17, 15) is 14.0 Å². The van der Waals surface area contributed by atoms with Crippen molar-refractivity contribution >= 4 is 27.7 Å². The van der Waals surface area contributed by atoms with Gasteiger partial charge in [-0.15, -0.1) is 5.10 Å². The van der Waals surface area contributed by atoms with Crippen LogP contribution in [-0.4, -0.2) is 33.1 Å². The molecule has 3 aromatic carbocycles. The predicted molar refractivity (Wildman–Crippen MR) is 120 cm³/mol. The summed E-state index contributed by atoms with van der Waals surface area (Å²) in [6, 6.07) is 19.9. The highest BCUT2D eigenvalue weighted by Gasteiger charge is 2.21. The fourth-order valence-corrected chi connectivity index (χ4v) is 3.33. The zero-order chi connectivity index (χ0) is 22.7. The van der Waals surface area contributed by atoms with E-state index in [2.05, 4.69) is 26.0 Å². The van der Waals surface area contributed by atoms with Crippen LogP contribution < -0.4 is 0 Å². The number of ketones is 1. The van der Waals surface area contributed by atoms with E-state index in [4.69, 9.17) is 4.74 Å². The topological polar surface area (TPSA) is 74.1 Å². The number of ether oxygens (including phenoxy) is 1. The van der Waals surface area contributed by atoms with Crippen LogP contribution in [0.2, 0.25) is 0 Å². The van der Waals surface area contributed by atoms with E-state index in [0.717, 1.165) is 10.0 Å². The Morgan fingerprint density at radius 3 is 2.38 bits per heavy atom. The van der Waals surface area contributed by atoms with Crippen molar-refractivity contribution in [1.82, 2.24) is 14.8 Å². The third kappa shape index (κ3) is 4.65. The lowest BCUT2D eigenvalue weighted by Gasteiger charge is -2.08. The van der Waals surface area contributed by atoms with Crippen molar-refractivity contribution in [2.75, 3.05) is 6.61 Å². The highest BCUT2D eigenvalue weighted by molar-refractivity contribution is 9.10. The fraction of sp³-hybridized carbons (Fsp3) is 0.0833. The summed E-state index contributed by atoms with van der Waals surface area (Å²) in [6.45, 7) is 1.46. The van der Waals surface area contributed by atoms with Crippen LogP contribution in [0.3, 0.4) is 0 Å². The number of Topliss-reactive ketones (excluding diaryl/α,β-unsaturated/α-hetero) is 1. The Balaban J connectivity index is 1.62. The number of aryl methyl sites for hydroxylation is 1. The van der Waals surface area contributed by atoms with Gasteiger partial charge in [-0.1, -0.05) is 46.3 Å². The Bertz CT molecular complexity index is 1280. The molecule has 0 bridgehead atoms. The lowest BCUT2D eigenvalue weighted by molar-refractivity contribution is 0.0462. The van der Waals surface area contributed by atoms with Gasteiger partial charge in [0.15, 0.2) is 18.2 Å². The van der Waals surface area contributed by atoms with Crippen molar-refractivity contribution in [1.29, 1.82) is 0 Å². The summed E-state index contributed by atoms with van der Waals surface area (Å²) < 4.78 is 20.9. The minimum Gasteiger partial charge on any atom is -0.451 e. The molecular formula is C24H17BrFN3O3. The molecule has 0 N–H and O–H groups in total. The average Bonchev–Trinajstić information content (AvgIpc) is 3.24. The van der Waals surface area contributed by atoms with Gasteiger partial charge in [-0.3, -0.25) is 4.79 Å². The molecule has 0 fully saturated rings. The minimum atomic E-state index is -0.828. The zero-order valence-corrected chi connectivity index (χ0v) is 18.5. The van der Waals surface area contributed by atoms with Crippen LogP contribution in [-0.2, 0) is 4.74 Å². The molecule has 0 aliphatic rings. The molecular weight excluding hydrogens is 477 g/mol. The third-order valence-corrected chi connectivity index (χ3v) is 5.27. The molecule has 32 heavy (non-hydrogen) atoms. The molecule has 1 aromatic heterocycles. The number of rotatable bonds is 6. The smallest absolute Gasteiger partial charge is 0.378 e. The number of aromatic nitrogens is 3. The van der Waals surface area contributed by atoms with Crippen LogP contribution in [0.25, 0.3) is 17.1 Å². The Kier molecular flexibility index (Phi) is 6.23. The first-order valence-corrected chi connectivity index (χ1v) is 10.5. The van der Waals surface area contributed by atoms with Crippen molar-refractivity contribution in [2.45, 2.75) is 6.92 Å². The summed E-state index contributed by atoms with van der Waals surface area (Å²) in [5, 5.41) is 4.32. The van der Waals surface area contributed by atoms with Gasteiger partial charge in [0.2, 0.25) is 0 Å². The van der Waals surface area contributed by atoms with Gasteiger partial charge in [0.05, 0.1) is 5.69 Å². The van der Waals surface area contributed by atoms with Crippen LogP contribution in [0.4, 0.5) is 4.39 Å². The average molecular weight is 494 g/mol. The molecule has 6 nitrogen and oxygen atoms in total.